The van der Waals surface area contributed by atoms with Crippen molar-refractivity contribution in [1.82, 2.24) is 0 Å². The van der Waals surface area contributed by atoms with Crippen LogP contribution in [0.2, 0.25) is 0 Å². The van der Waals surface area contributed by atoms with E-state index < -0.39 is 4.75 Å². The quantitative estimate of drug-likeness (QED) is 0.403. The highest BCUT2D eigenvalue weighted by Gasteiger charge is 2.29. The molecule has 0 saturated carbocycles. The number of ether oxygens (including phenoxy) is 1. The van der Waals surface area contributed by atoms with E-state index in [1.807, 2.05) is 13.8 Å². The zero-order valence-corrected chi connectivity index (χ0v) is 10.4. The highest BCUT2D eigenvalue weighted by molar-refractivity contribution is 7.82. The second-order valence-electron chi connectivity index (χ2n) is 3.80. The van der Waals surface area contributed by atoms with Gasteiger partial charge in [-0.3, -0.25) is 4.79 Å². The van der Waals surface area contributed by atoms with E-state index in [4.69, 9.17) is 4.74 Å². The van der Waals surface area contributed by atoms with Gasteiger partial charge in [0.25, 0.3) is 0 Å². The van der Waals surface area contributed by atoms with E-state index in [1.165, 1.54) is 19.3 Å². The number of hydrogen-bond donors (Lipinski definition) is 1. The highest BCUT2D eigenvalue weighted by atomic mass is 32.1. The molecule has 0 bridgehead atoms. The second kappa shape index (κ2) is 7.16. The van der Waals surface area contributed by atoms with Crippen molar-refractivity contribution >= 4 is 18.6 Å². The van der Waals surface area contributed by atoms with Gasteiger partial charge in [-0.25, -0.2) is 0 Å². The third kappa shape index (κ3) is 5.53. The molecule has 0 N–H and O–H groups in total. The first-order valence-corrected chi connectivity index (χ1v) is 5.89. The van der Waals surface area contributed by atoms with Gasteiger partial charge in [-0.2, -0.15) is 12.6 Å². The van der Waals surface area contributed by atoms with Gasteiger partial charge in [0.2, 0.25) is 0 Å². The van der Waals surface area contributed by atoms with E-state index >= 15 is 0 Å². The molecule has 0 rings (SSSR count). The van der Waals surface area contributed by atoms with Crippen molar-refractivity contribution in [3.05, 3.63) is 0 Å². The van der Waals surface area contributed by atoms with Crippen molar-refractivity contribution in [3.63, 3.8) is 0 Å². The average molecular weight is 218 g/mol. The molecule has 0 aliphatic carbocycles. The van der Waals surface area contributed by atoms with Crippen LogP contribution in [0.4, 0.5) is 0 Å². The topological polar surface area (TPSA) is 26.3 Å². The third-order valence-corrected chi connectivity index (χ3v) is 2.64. The van der Waals surface area contributed by atoms with Gasteiger partial charge in [0.05, 0.1) is 6.61 Å². The lowest BCUT2D eigenvalue weighted by Gasteiger charge is -2.20. The zero-order valence-electron chi connectivity index (χ0n) is 9.51. The summed E-state index contributed by atoms with van der Waals surface area (Å²) in [6.45, 7) is 6.26. The van der Waals surface area contributed by atoms with Gasteiger partial charge in [0.1, 0.15) is 4.75 Å². The average Bonchev–Trinajstić information content (AvgIpc) is 2.13. The lowest BCUT2D eigenvalue weighted by Crippen LogP contribution is -2.31. The largest absolute Gasteiger partial charge is 0.465 e. The predicted molar refractivity (Wildman–Crippen MR) is 62.8 cm³/mol. The van der Waals surface area contributed by atoms with Crippen molar-refractivity contribution in [2.75, 3.05) is 6.61 Å². The Morgan fingerprint density at radius 1 is 1.29 bits per heavy atom. The SMILES string of the molecule is CCCCCC[C@@](C)(S)C(=O)OCC. The minimum absolute atomic E-state index is 0.195. The van der Waals surface area contributed by atoms with E-state index in [2.05, 4.69) is 19.6 Å². The van der Waals surface area contributed by atoms with E-state index in [0.717, 1.165) is 12.8 Å². The molecule has 0 amide bonds. The van der Waals surface area contributed by atoms with E-state index in [0.29, 0.717) is 6.61 Å². The molecule has 0 aromatic carbocycles. The van der Waals surface area contributed by atoms with Crippen LogP contribution in [0, 0.1) is 0 Å². The van der Waals surface area contributed by atoms with Crippen LogP contribution in [0.5, 0.6) is 0 Å². The molecule has 0 radical (unpaired) electrons. The number of unbranched alkanes of at least 4 members (excludes halogenated alkanes) is 3. The normalized spacial score (nSPS) is 14.9. The van der Waals surface area contributed by atoms with Crippen LogP contribution in [-0.2, 0) is 9.53 Å². The Bertz CT molecular complexity index is 167. The molecule has 0 spiro atoms. The summed E-state index contributed by atoms with van der Waals surface area (Å²) in [5.74, 6) is -0.195. The summed E-state index contributed by atoms with van der Waals surface area (Å²) in [6, 6.07) is 0. The Balaban J connectivity index is 3.76. The molecule has 3 heteroatoms. The van der Waals surface area contributed by atoms with E-state index in [-0.39, 0.29) is 5.97 Å². The fraction of sp³-hybridized carbons (Fsp3) is 0.909. The Hall–Kier alpha value is -0.180. The highest BCUT2D eigenvalue weighted by Crippen LogP contribution is 2.23. The first-order valence-electron chi connectivity index (χ1n) is 5.44. The molecular formula is C11H22O2S. The summed E-state index contributed by atoms with van der Waals surface area (Å²) in [4.78, 5) is 11.4. The second-order valence-corrected chi connectivity index (χ2v) is 4.79. The van der Waals surface area contributed by atoms with Crippen LogP contribution in [-0.4, -0.2) is 17.3 Å². The van der Waals surface area contributed by atoms with Crippen LogP contribution in [0.25, 0.3) is 0 Å². The minimum atomic E-state index is -0.607. The number of rotatable bonds is 7. The molecule has 2 nitrogen and oxygen atoms in total. The lowest BCUT2D eigenvalue weighted by atomic mass is 10.0. The summed E-state index contributed by atoms with van der Waals surface area (Å²) in [6.07, 6.45) is 5.46. The van der Waals surface area contributed by atoms with E-state index in [1.54, 1.807) is 0 Å². The Kier molecular flexibility index (Phi) is 7.06. The molecule has 0 aliphatic heterocycles. The Morgan fingerprint density at radius 2 is 1.93 bits per heavy atom. The van der Waals surface area contributed by atoms with Gasteiger partial charge in [-0.05, 0) is 20.3 Å². The molecule has 1 atom stereocenters. The van der Waals surface area contributed by atoms with Gasteiger partial charge in [-0.15, -0.1) is 0 Å². The van der Waals surface area contributed by atoms with Crippen LogP contribution >= 0.6 is 12.6 Å². The van der Waals surface area contributed by atoms with Gasteiger partial charge in [-0.1, -0.05) is 32.6 Å². The molecule has 0 unspecified atom stereocenters. The maximum absolute atomic E-state index is 11.4. The maximum atomic E-state index is 11.4. The molecule has 0 aromatic rings. The molecule has 0 fully saturated rings. The van der Waals surface area contributed by atoms with Gasteiger partial charge < -0.3 is 4.74 Å². The standard InChI is InChI=1S/C11H22O2S/c1-4-6-7-8-9-11(3,14)10(12)13-5-2/h14H,4-9H2,1-3H3/t11-/m1/s1. The number of esters is 1. The minimum Gasteiger partial charge on any atom is -0.465 e. The fourth-order valence-corrected chi connectivity index (χ4v) is 1.51. The monoisotopic (exact) mass is 218 g/mol. The van der Waals surface area contributed by atoms with Crippen LogP contribution in [0.3, 0.4) is 0 Å². The summed E-state index contributed by atoms with van der Waals surface area (Å²) >= 11 is 4.34. The first-order chi connectivity index (χ1) is 6.54. The van der Waals surface area contributed by atoms with Gasteiger partial charge in [0, 0.05) is 0 Å². The first kappa shape index (κ1) is 13.8. The predicted octanol–water partition coefficient (Wildman–Crippen LogP) is 3.21. The van der Waals surface area contributed by atoms with Crippen molar-refractivity contribution < 1.29 is 9.53 Å². The van der Waals surface area contributed by atoms with Gasteiger partial charge in [0.15, 0.2) is 0 Å². The van der Waals surface area contributed by atoms with Gasteiger partial charge >= 0.3 is 5.97 Å². The van der Waals surface area contributed by atoms with Crippen molar-refractivity contribution in [2.24, 2.45) is 0 Å². The summed E-state index contributed by atoms with van der Waals surface area (Å²) in [7, 11) is 0. The van der Waals surface area contributed by atoms with Crippen molar-refractivity contribution in [1.29, 1.82) is 0 Å². The van der Waals surface area contributed by atoms with E-state index in [9.17, 15) is 4.79 Å². The fourth-order valence-electron chi connectivity index (χ4n) is 1.28. The van der Waals surface area contributed by atoms with Crippen LogP contribution in [0.15, 0.2) is 0 Å². The van der Waals surface area contributed by atoms with Crippen molar-refractivity contribution in [2.45, 2.75) is 57.6 Å². The lowest BCUT2D eigenvalue weighted by molar-refractivity contribution is -0.145. The Labute approximate surface area is 92.8 Å². The summed E-state index contributed by atoms with van der Waals surface area (Å²) < 4.78 is 4.34. The molecule has 0 saturated heterocycles. The summed E-state index contributed by atoms with van der Waals surface area (Å²) in [5.41, 5.74) is 0. The van der Waals surface area contributed by atoms with Crippen LogP contribution in [0.1, 0.15) is 52.9 Å². The summed E-state index contributed by atoms with van der Waals surface area (Å²) in [5, 5.41) is 0. The maximum Gasteiger partial charge on any atom is 0.321 e. The smallest absolute Gasteiger partial charge is 0.321 e. The number of hydrogen-bond acceptors (Lipinski definition) is 3. The molecular weight excluding hydrogens is 196 g/mol. The molecule has 14 heavy (non-hydrogen) atoms. The Morgan fingerprint density at radius 3 is 2.43 bits per heavy atom. The number of carbonyl (C=O) groups is 1. The number of carbonyl (C=O) groups excluding carboxylic acids is 1. The molecule has 0 aliphatic rings. The molecule has 0 heterocycles. The molecule has 84 valence electrons. The zero-order chi connectivity index (χ0) is 11.0. The van der Waals surface area contributed by atoms with Crippen molar-refractivity contribution in [3.8, 4) is 0 Å². The number of thiol groups is 1. The molecule has 0 aromatic heterocycles. The third-order valence-electron chi connectivity index (χ3n) is 2.23. The van der Waals surface area contributed by atoms with Crippen LogP contribution < -0.4 is 0 Å².